The Kier molecular flexibility index (Phi) is 6.18. The van der Waals surface area contributed by atoms with Crippen LogP contribution < -0.4 is 0 Å². The molecule has 5 nitrogen and oxygen atoms in total. The van der Waals surface area contributed by atoms with E-state index in [-0.39, 0.29) is 0 Å². The summed E-state index contributed by atoms with van der Waals surface area (Å²) in [7, 11) is 0. The third-order valence-electron chi connectivity index (χ3n) is 10.3. The van der Waals surface area contributed by atoms with Gasteiger partial charge in [0.2, 0.25) is 5.95 Å². The largest absolute Gasteiger partial charge is 0.309 e. The van der Waals surface area contributed by atoms with Gasteiger partial charge in [0.15, 0.2) is 11.6 Å². The second-order valence-corrected chi connectivity index (χ2v) is 13.3. The maximum Gasteiger partial charge on any atom is 0.238 e. The monoisotopic (exact) mass is 663 g/mol. The van der Waals surface area contributed by atoms with E-state index < -0.39 is 0 Å². The van der Waals surface area contributed by atoms with E-state index in [9.17, 15) is 0 Å². The molecule has 5 heteroatoms. The van der Waals surface area contributed by atoms with Gasteiger partial charge >= 0.3 is 0 Å². The van der Waals surface area contributed by atoms with Crippen molar-refractivity contribution in [2.45, 2.75) is 0 Å². The first-order valence-corrected chi connectivity index (χ1v) is 17.5. The fraction of sp³-hybridized carbons (Fsp3) is 0. The number of benzene rings is 8. The first-order chi connectivity index (χ1) is 25.8. The summed E-state index contributed by atoms with van der Waals surface area (Å²) in [5.74, 6) is 1.86. The highest BCUT2D eigenvalue weighted by molar-refractivity contribution is 6.26. The standard InChI is InChI=1S/C47H29N5/c1-4-13-31(14-5-1)45-48-46(32-15-6-2-7-16-32)50-47(49-45)52-39-21-11-10-20-36(39)37-25-24-33(29-42(37)52)35-27-28-41-44-38(35)26-23-30-17-12-22-40(43(30)44)51(41)34-18-8-3-9-19-34/h1-29H. The van der Waals surface area contributed by atoms with Crippen LogP contribution in [0.3, 0.4) is 0 Å². The Bertz CT molecular complexity index is 3050. The number of aromatic nitrogens is 5. The number of rotatable bonds is 5. The van der Waals surface area contributed by atoms with Gasteiger partial charge in [-0.2, -0.15) is 9.97 Å². The van der Waals surface area contributed by atoms with Crippen molar-refractivity contribution in [2.75, 3.05) is 0 Å². The van der Waals surface area contributed by atoms with Gasteiger partial charge in [-0.05, 0) is 58.3 Å². The van der Waals surface area contributed by atoms with Crippen LogP contribution in [0.5, 0.6) is 0 Å². The summed E-state index contributed by atoms with van der Waals surface area (Å²) < 4.78 is 4.60. The van der Waals surface area contributed by atoms with Gasteiger partial charge in [0.25, 0.3) is 0 Å². The molecule has 11 aromatic rings. The van der Waals surface area contributed by atoms with Crippen molar-refractivity contribution in [1.29, 1.82) is 0 Å². The maximum atomic E-state index is 5.15. The Labute approximate surface area is 299 Å². The average Bonchev–Trinajstić information content (AvgIpc) is 3.74. The number of hydrogen-bond donors (Lipinski definition) is 0. The van der Waals surface area contributed by atoms with Gasteiger partial charge in [0.05, 0.1) is 22.1 Å². The minimum atomic E-state index is 0.586. The average molecular weight is 664 g/mol. The zero-order valence-electron chi connectivity index (χ0n) is 28.0. The van der Waals surface area contributed by atoms with Crippen LogP contribution in [0.25, 0.3) is 99.9 Å². The van der Waals surface area contributed by atoms with Crippen LogP contribution in [0.4, 0.5) is 0 Å². The number of nitrogens with zero attached hydrogens (tertiary/aromatic N) is 5. The van der Waals surface area contributed by atoms with Gasteiger partial charge in [0, 0.05) is 38.4 Å². The molecule has 0 aliphatic rings. The highest BCUT2D eigenvalue weighted by Gasteiger charge is 2.21. The topological polar surface area (TPSA) is 48.5 Å². The molecule has 242 valence electrons. The van der Waals surface area contributed by atoms with Crippen molar-refractivity contribution < 1.29 is 0 Å². The molecule has 0 unspecified atom stereocenters. The molecule has 8 aromatic carbocycles. The number of para-hydroxylation sites is 2. The molecule has 0 radical (unpaired) electrons. The molecule has 0 fully saturated rings. The molecule has 0 spiro atoms. The molecular weight excluding hydrogens is 635 g/mol. The number of hydrogen-bond acceptors (Lipinski definition) is 3. The Hall–Kier alpha value is -7.11. The fourth-order valence-corrected chi connectivity index (χ4v) is 8.05. The minimum Gasteiger partial charge on any atom is -0.309 e. The molecular formula is C47H29N5. The summed E-state index contributed by atoms with van der Waals surface area (Å²) in [6.45, 7) is 0. The highest BCUT2D eigenvalue weighted by atomic mass is 15.2. The molecule has 0 bridgehead atoms. The summed E-state index contributed by atoms with van der Waals surface area (Å²) >= 11 is 0. The van der Waals surface area contributed by atoms with Crippen LogP contribution in [0.1, 0.15) is 0 Å². The lowest BCUT2D eigenvalue weighted by Crippen LogP contribution is -2.06. The van der Waals surface area contributed by atoms with E-state index in [0.717, 1.165) is 44.2 Å². The van der Waals surface area contributed by atoms with Crippen molar-refractivity contribution in [2.24, 2.45) is 0 Å². The van der Waals surface area contributed by atoms with Crippen molar-refractivity contribution in [3.63, 3.8) is 0 Å². The Morgan fingerprint density at radius 2 is 0.962 bits per heavy atom. The molecule has 0 saturated carbocycles. The van der Waals surface area contributed by atoms with Crippen molar-refractivity contribution in [3.8, 4) is 45.5 Å². The van der Waals surface area contributed by atoms with E-state index in [4.69, 9.17) is 15.0 Å². The van der Waals surface area contributed by atoms with Gasteiger partial charge in [0.1, 0.15) is 0 Å². The lowest BCUT2D eigenvalue weighted by molar-refractivity contribution is 0.953. The SMILES string of the molecule is c1ccc(-c2nc(-c3ccccc3)nc(-n3c4ccccc4c4ccc(-c5ccc6c7c5ccc5cccc(c57)n6-c5ccccc5)cc43)n2)cc1. The van der Waals surface area contributed by atoms with E-state index in [1.807, 2.05) is 60.7 Å². The van der Waals surface area contributed by atoms with Gasteiger partial charge in [-0.15, -0.1) is 0 Å². The molecule has 0 saturated heterocycles. The summed E-state index contributed by atoms with van der Waals surface area (Å²) in [6, 6.07) is 62.0. The molecule has 3 aromatic heterocycles. The van der Waals surface area contributed by atoms with Gasteiger partial charge in [-0.25, -0.2) is 4.98 Å². The summed E-state index contributed by atoms with van der Waals surface area (Å²) in [5, 5.41) is 7.36. The summed E-state index contributed by atoms with van der Waals surface area (Å²) in [6.07, 6.45) is 0. The summed E-state index contributed by atoms with van der Waals surface area (Å²) in [5.41, 5.74) is 9.89. The van der Waals surface area contributed by atoms with Crippen LogP contribution in [0.15, 0.2) is 176 Å². The van der Waals surface area contributed by atoms with E-state index in [1.165, 1.54) is 38.1 Å². The first-order valence-electron chi connectivity index (χ1n) is 17.5. The van der Waals surface area contributed by atoms with Crippen molar-refractivity contribution >= 4 is 54.4 Å². The third kappa shape index (κ3) is 4.26. The molecule has 0 aliphatic carbocycles. The van der Waals surface area contributed by atoms with Gasteiger partial charge in [-0.3, -0.25) is 4.57 Å². The smallest absolute Gasteiger partial charge is 0.238 e. The van der Waals surface area contributed by atoms with Crippen molar-refractivity contribution in [1.82, 2.24) is 24.1 Å². The van der Waals surface area contributed by atoms with Crippen LogP contribution in [0.2, 0.25) is 0 Å². The minimum absolute atomic E-state index is 0.586. The second kappa shape index (κ2) is 11.2. The van der Waals surface area contributed by atoms with E-state index in [2.05, 4.69) is 124 Å². The van der Waals surface area contributed by atoms with E-state index in [0.29, 0.717) is 17.6 Å². The molecule has 11 rings (SSSR count). The van der Waals surface area contributed by atoms with Crippen LogP contribution in [0, 0.1) is 0 Å². The Balaban J connectivity index is 1.18. The molecule has 0 aliphatic heterocycles. The van der Waals surface area contributed by atoms with Crippen molar-refractivity contribution in [3.05, 3.63) is 176 Å². The van der Waals surface area contributed by atoms with Crippen LogP contribution in [-0.4, -0.2) is 24.1 Å². The molecule has 0 N–H and O–H groups in total. The Morgan fingerprint density at radius 1 is 0.346 bits per heavy atom. The zero-order chi connectivity index (χ0) is 34.2. The Morgan fingerprint density at radius 3 is 1.71 bits per heavy atom. The van der Waals surface area contributed by atoms with Crippen LogP contribution in [-0.2, 0) is 0 Å². The molecule has 0 amide bonds. The third-order valence-corrected chi connectivity index (χ3v) is 10.3. The fourth-order valence-electron chi connectivity index (χ4n) is 8.05. The molecule has 0 atom stereocenters. The molecule has 52 heavy (non-hydrogen) atoms. The first kappa shape index (κ1) is 28.7. The predicted octanol–water partition coefficient (Wildman–Crippen LogP) is 11.7. The quantitative estimate of drug-likeness (QED) is 0.172. The highest BCUT2D eigenvalue weighted by Crippen LogP contribution is 2.43. The van der Waals surface area contributed by atoms with Gasteiger partial charge < -0.3 is 4.57 Å². The zero-order valence-corrected chi connectivity index (χ0v) is 28.0. The lowest BCUT2D eigenvalue weighted by Gasteiger charge is -2.12. The second-order valence-electron chi connectivity index (χ2n) is 13.3. The maximum absolute atomic E-state index is 5.15. The lowest BCUT2D eigenvalue weighted by atomic mass is 9.94. The number of fused-ring (bicyclic) bond motifs is 3. The summed E-state index contributed by atoms with van der Waals surface area (Å²) in [4.78, 5) is 15.3. The van der Waals surface area contributed by atoms with Gasteiger partial charge in [-0.1, -0.05) is 140 Å². The normalized spacial score (nSPS) is 11.8. The van der Waals surface area contributed by atoms with E-state index in [1.54, 1.807) is 0 Å². The van der Waals surface area contributed by atoms with Crippen LogP contribution >= 0.6 is 0 Å². The van der Waals surface area contributed by atoms with E-state index >= 15 is 0 Å². The predicted molar refractivity (Wildman–Crippen MR) is 214 cm³/mol. The molecule has 3 heterocycles.